The van der Waals surface area contributed by atoms with Crippen LogP contribution in [-0.2, 0) is 11.2 Å². The van der Waals surface area contributed by atoms with Crippen LogP contribution in [0, 0.1) is 27.3 Å². The van der Waals surface area contributed by atoms with Crippen LogP contribution in [0.1, 0.15) is 23.6 Å². The molecule has 0 saturated heterocycles. The number of nitro groups is 1. The minimum absolute atomic E-state index is 0.175. The number of benzene rings is 3. The van der Waals surface area contributed by atoms with Crippen molar-refractivity contribution in [2.45, 2.75) is 13.3 Å². The van der Waals surface area contributed by atoms with Crippen molar-refractivity contribution < 1.29 is 18.8 Å². The lowest BCUT2D eigenvalue weighted by atomic mass is 10.0. The first-order valence-electron chi connectivity index (χ1n) is 10.1. The van der Waals surface area contributed by atoms with Gasteiger partial charge in [0.15, 0.2) is 0 Å². The molecule has 0 saturated carbocycles. The van der Waals surface area contributed by atoms with Crippen LogP contribution in [0.5, 0.6) is 5.75 Å². The Morgan fingerprint density at radius 3 is 2.67 bits per heavy atom. The van der Waals surface area contributed by atoms with Crippen LogP contribution in [0.3, 0.4) is 0 Å². The van der Waals surface area contributed by atoms with E-state index in [1.807, 2.05) is 19.1 Å². The third-order valence-corrected chi connectivity index (χ3v) is 4.67. The zero-order chi connectivity index (χ0) is 23.8. The topological polar surface area (TPSA) is 105 Å². The van der Waals surface area contributed by atoms with Crippen molar-refractivity contribution in [1.29, 1.82) is 5.26 Å². The van der Waals surface area contributed by atoms with Gasteiger partial charge in [-0.25, -0.2) is 4.39 Å². The van der Waals surface area contributed by atoms with E-state index in [-0.39, 0.29) is 22.8 Å². The number of nitro benzene ring substituents is 1. The molecule has 0 aliphatic rings. The van der Waals surface area contributed by atoms with Gasteiger partial charge in [-0.3, -0.25) is 14.9 Å². The number of nitriles is 1. The first kappa shape index (κ1) is 23.2. The molecular formula is C25H20FN3O4. The van der Waals surface area contributed by atoms with E-state index in [9.17, 15) is 24.6 Å². The number of anilines is 1. The van der Waals surface area contributed by atoms with Crippen LogP contribution >= 0.6 is 0 Å². The molecule has 0 aromatic heterocycles. The van der Waals surface area contributed by atoms with Crippen LogP contribution in [-0.4, -0.2) is 17.4 Å². The molecule has 3 aromatic carbocycles. The molecule has 1 N–H and O–H groups in total. The molecule has 3 rings (SSSR count). The highest BCUT2D eigenvalue weighted by Crippen LogP contribution is 2.25. The van der Waals surface area contributed by atoms with Gasteiger partial charge in [0.05, 0.1) is 11.5 Å². The molecule has 0 bridgehead atoms. The Bertz CT molecular complexity index is 1260. The molecule has 33 heavy (non-hydrogen) atoms. The highest BCUT2D eigenvalue weighted by molar-refractivity contribution is 6.09. The first-order chi connectivity index (χ1) is 15.9. The second kappa shape index (κ2) is 10.7. The zero-order valence-electron chi connectivity index (χ0n) is 17.7. The van der Waals surface area contributed by atoms with E-state index in [2.05, 4.69) is 5.32 Å². The number of rotatable bonds is 8. The van der Waals surface area contributed by atoms with Crippen LogP contribution in [0.15, 0.2) is 72.3 Å². The number of halogens is 1. The molecule has 0 aliphatic heterocycles. The molecule has 166 valence electrons. The van der Waals surface area contributed by atoms with Gasteiger partial charge in [-0.2, -0.15) is 5.26 Å². The molecule has 0 atom stereocenters. The summed E-state index contributed by atoms with van der Waals surface area (Å²) in [5, 5.41) is 22.9. The number of ether oxygens (including phenoxy) is 1. The fourth-order valence-electron chi connectivity index (χ4n) is 3.17. The van der Waals surface area contributed by atoms with E-state index in [1.165, 1.54) is 42.5 Å². The van der Waals surface area contributed by atoms with Gasteiger partial charge in [0.2, 0.25) is 0 Å². The fraction of sp³-hybridized carbons (Fsp3) is 0.120. The summed E-state index contributed by atoms with van der Waals surface area (Å²) < 4.78 is 19.2. The maximum absolute atomic E-state index is 13.5. The Morgan fingerprint density at radius 1 is 1.18 bits per heavy atom. The number of nitrogens with one attached hydrogen (secondary N) is 1. The van der Waals surface area contributed by atoms with Crippen LogP contribution in [0.25, 0.3) is 6.08 Å². The Kier molecular flexibility index (Phi) is 7.50. The van der Waals surface area contributed by atoms with Crippen molar-refractivity contribution >= 4 is 23.4 Å². The maximum atomic E-state index is 13.5. The van der Waals surface area contributed by atoms with Crippen molar-refractivity contribution in [2.24, 2.45) is 0 Å². The summed E-state index contributed by atoms with van der Waals surface area (Å²) in [6, 6.07) is 18.8. The van der Waals surface area contributed by atoms with E-state index in [4.69, 9.17) is 4.74 Å². The molecule has 0 aliphatic carbocycles. The number of hydrogen-bond acceptors (Lipinski definition) is 5. The molecule has 0 unspecified atom stereocenters. The van der Waals surface area contributed by atoms with Gasteiger partial charge in [0.1, 0.15) is 23.2 Å². The SMILES string of the molecule is CCOc1cc(/C=C(\C#N)C(=O)Nc2cccc([N+](=O)[O-])c2)ccc1Cc1cccc(F)c1. The number of amides is 1. The van der Waals surface area contributed by atoms with E-state index in [0.717, 1.165) is 11.1 Å². The number of non-ortho nitro benzene ring substituents is 1. The van der Waals surface area contributed by atoms with E-state index >= 15 is 0 Å². The lowest BCUT2D eigenvalue weighted by Gasteiger charge is -2.12. The minimum atomic E-state index is -0.695. The molecule has 3 aromatic rings. The summed E-state index contributed by atoms with van der Waals surface area (Å²) in [4.78, 5) is 22.9. The summed E-state index contributed by atoms with van der Waals surface area (Å²) in [6.45, 7) is 2.24. The van der Waals surface area contributed by atoms with Crippen LogP contribution in [0.4, 0.5) is 15.8 Å². The summed E-state index contributed by atoms with van der Waals surface area (Å²) in [6.07, 6.45) is 1.86. The van der Waals surface area contributed by atoms with Crippen LogP contribution in [0.2, 0.25) is 0 Å². The Balaban J connectivity index is 1.84. The molecule has 8 heteroatoms. The maximum Gasteiger partial charge on any atom is 0.271 e. The van der Waals surface area contributed by atoms with Crippen LogP contribution < -0.4 is 10.1 Å². The van der Waals surface area contributed by atoms with Gasteiger partial charge in [-0.05, 0) is 54.0 Å². The van der Waals surface area contributed by atoms with Crippen molar-refractivity contribution in [3.63, 3.8) is 0 Å². The van der Waals surface area contributed by atoms with Crippen molar-refractivity contribution in [1.82, 2.24) is 0 Å². The lowest BCUT2D eigenvalue weighted by Crippen LogP contribution is -2.13. The van der Waals surface area contributed by atoms with Crippen molar-refractivity contribution in [3.05, 3.63) is 105 Å². The van der Waals surface area contributed by atoms with Gasteiger partial charge in [-0.1, -0.05) is 30.3 Å². The monoisotopic (exact) mass is 445 g/mol. The highest BCUT2D eigenvalue weighted by atomic mass is 19.1. The van der Waals surface area contributed by atoms with Crippen molar-refractivity contribution in [2.75, 3.05) is 11.9 Å². The Hall–Kier alpha value is -4.51. The highest BCUT2D eigenvalue weighted by Gasteiger charge is 2.13. The van der Waals surface area contributed by atoms with E-state index in [0.29, 0.717) is 24.3 Å². The van der Waals surface area contributed by atoms with E-state index < -0.39 is 10.8 Å². The predicted molar refractivity (Wildman–Crippen MR) is 122 cm³/mol. The molecule has 0 spiro atoms. The third kappa shape index (κ3) is 6.24. The molecule has 0 fully saturated rings. The predicted octanol–water partition coefficient (Wildman–Crippen LogP) is 5.27. The normalized spacial score (nSPS) is 10.9. The third-order valence-electron chi connectivity index (χ3n) is 4.67. The summed E-state index contributed by atoms with van der Waals surface area (Å²) in [5.74, 6) is -0.454. The van der Waals surface area contributed by atoms with Crippen molar-refractivity contribution in [3.8, 4) is 11.8 Å². The van der Waals surface area contributed by atoms with Gasteiger partial charge >= 0.3 is 0 Å². The molecule has 0 radical (unpaired) electrons. The quantitative estimate of drug-likeness (QED) is 0.220. The molecule has 1 amide bonds. The van der Waals surface area contributed by atoms with Gasteiger partial charge in [-0.15, -0.1) is 0 Å². The summed E-state index contributed by atoms with van der Waals surface area (Å²) >= 11 is 0. The Morgan fingerprint density at radius 2 is 1.97 bits per heavy atom. The zero-order valence-corrected chi connectivity index (χ0v) is 17.7. The largest absolute Gasteiger partial charge is 0.494 e. The van der Waals surface area contributed by atoms with Gasteiger partial charge < -0.3 is 10.1 Å². The van der Waals surface area contributed by atoms with E-state index in [1.54, 1.807) is 24.3 Å². The lowest BCUT2D eigenvalue weighted by molar-refractivity contribution is -0.384. The van der Waals surface area contributed by atoms with Gasteiger partial charge in [0, 0.05) is 24.2 Å². The number of hydrogen-bond donors (Lipinski definition) is 1. The minimum Gasteiger partial charge on any atom is -0.494 e. The smallest absolute Gasteiger partial charge is 0.271 e. The average Bonchev–Trinajstić information content (AvgIpc) is 2.79. The second-order valence-electron chi connectivity index (χ2n) is 7.04. The number of carbonyl (C=O) groups is 1. The fourth-order valence-corrected chi connectivity index (χ4v) is 3.17. The molecular weight excluding hydrogens is 425 g/mol. The molecule has 7 nitrogen and oxygen atoms in total. The summed E-state index contributed by atoms with van der Waals surface area (Å²) in [7, 11) is 0. The molecule has 0 heterocycles. The number of carbonyl (C=O) groups excluding carboxylic acids is 1. The number of nitrogens with zero attached hydrogens (tertiary/aromatic N) is 2. The average molecular weight is 445 g/mol. The second-order valence-corrected chi connectivity index (χ2v) is 7.04. The Labute approximate surface area is 189 Å². The van der Waals surface area contributed by atoms with Gasteiger partial charge in [0.25, 0.3) is 11.6 Å². The summed E-state index contributed by atoms with van der Waals surface area (Å²) in [5.41, 5.74) is 2.03. The first-order valence-corrected chi connectivity index (χ1v) is 10.1. The standard InChI is InChI=1S/C25H20FN3O4/c1-2-33-24-14-18(9-10-19(24)11-17-5-3-6-21(26)13-17)12-20(16-27)25(30)28-22-7-4-8-23(15-22)29(31)32/h3-10,12-15H,2,11H2,1H3,(H,28,30)/b20-12+.